The number of amides is 2. The van der Waals surface area contributed by atoms with Gasteiger partial charge in [-0.15, -0.1) is 0 Å². The highest BCUT2D eigenvalue weighted by Gasteiger charge is 2.26. The van der Waals surface area contributed by atoms with Gasteiger partial charge in [0.1, 0.15) is 5.82 Å². The molecule has 0 bridgehead atoms. The van der Waals surface area contributed by atoms with E-state index in [-0.39, 0.29) is 11.8 Å². The molecule has 1 aromatic heterocycles. The Kier molecular flexibility index (Phi) is 6.14. The number of anilines is 1. The Bertz CT molecular complexity index is 1320. The van der Waals surface area contributed by atoms with E-state index in [1.54, 1.807) is 29.2 Å². The molecule has 2 amide bonds. The third-order valence-electron chi connectivity index (χ3n) is 5.87. The van der Waals surface area contributed by atoms with Crippen molar-refractivity contribution in [1.29, 1.82) is 0 Å². The highest BCUT2D eigenvalue weighted by molar-refractivity contribution is 6.30. The maximum Gasteiger partial charge on any atom is 0.251 e. The molecule has 1 aliphatic rings. The molecule has 1 aliphatic heterocycles. The Morgan fingerprint density at radius 1 is 0.941 bits per heavy atom. The Morgan fingerprint density at radius 3 is 2.38 bits per heavy atom. The fraction of sp³-hybridized carbons (Fsp3) is 0.148. The third kappa shape index (κ3) is 4.72. The Morgan fingerprint density at radius 2 is 1.65 bits per heavy atom. The molecule has 0 saturated heterocycles. The zero-order chi connectivity index (χ0) is 23.5. The van der Waals surface area contributed by atoms with Crippen LogP contribution in [0, 0.1) is 0 Å². The van der Waals surface area contributed by atoms with Crippen LogP contribution in [0.3, 0.4) is 0 Å². The van der Waals surface area contributed by atoms with Crippen LogP contribution >= 0.6 is 11.6 Å². The molecule has 1 N–H and O–H groups in total. The number of nitrogens with zero attached hydrogens (tertiary/aromatic N) is 3. The molecule has 170 valence electrons. The fourth-order valence-corrected chi connectivity index (χ4v) is 4.13. The van der Waals surface area contributed by atoms with Crippen molar-refractivity contribution in [3.8, 4) is 11.3 Å². The van der Waals surface area contributed by atoms with Gasteiger partial charge in [0, 0.05) is 35.2 Å². The maximum atomic E-state index is 12.7. The van der Waals surface area contributed by atoms with Gasteiger partial charge in [-0.2, -0.15) is 5.10 Å². The average molecular weight is 471 g/mol. The van der Waals surface area contributed by atoms with Crippen molar-refractivity contribution in [2.75, 3.05) is 4.90 Å². The van der Waals surface area contributed by atoms with E-state index in [2.05, 4.69) is 5.32 Å². The van der Waals surface area contributed by atoms with Crippen molar-refractivity contribution in [3.63, 3.8) is 0 Å². The van der Waals surface area contributed by atoms with Crippen molar-refractivity contribution < 1.29 is 9.59 Å². The highest BCUT2D eigenvalue weighted by atomic mass is 35.5. The zero-order valence-electron chi connectivity index (χ0n) is 18.4. The van der Waals surface area contributed by atoms with Crippen LogP contribution in [0.2, 0.25) is 5.02 Å². The molecule has 0 aliphatic carbocycles. The lowest BCUT2D eigenvalue weighted by atomic mass is 10.1. The number of aromatic nitrogens is 2. The topological polar surface area (TPSA) is 67.2 Å². The standard InChI is InChI=1S/C27H23ClN4O2/c28-23-12-8-19(9-13-23)17-29-27(34)22-10-6-20(7-11-22)18-31-25-16-24(21-4-2-1-3-5-21)30-32(25)15-14-26(31)33/h1-13,16H,14-15,17-18H2,(H,29,34). The van der Waals surface area contributed by atoms with Crippen LogP contribution in [0.25, 0.3) is 11.3 Å². The number of halogens is 1. The summed E-state index contributed by atoms with van der Waals surface area (Å²) >= 11 is 5.90. The first kappa shape index (κ1) is 21.9. The Hall–Kier alpha value is -3.90. The second-order valence-corrected chi connectivity index (χ2v) is 8.65. The summed E-state index contributed by atoms with van der Waals surface area (Å²) in [6.45, 7) is 1.42. The average Bonchev–Trinajstić information content (AvgIpc) is 3.31. The predicted octanol–water partition coefficient (Wildman–Crippen LogP) is 5.07. The molecular formula is C27H23ClN4O2. The summed E-state index contributed by atoms with van der Waals surface area (Å²) in [7, 11) is 0. The van der Waals surface area contributed by atoms with Crippen LogP contribution in [-0.2, 0) is 24.4 Å². The van der Waals surface area contributed by atoms with Gasteiger partial charge >= 0.3 is 0 Å². The summed E-state index contributed by atoms with van der Waals surface area (Å²) in [6.07, 6.45) is 0.411. The molecule has 34 heavy (non-hydrogen) atoms. The predicted molar refractivity (Wildman–Crippen MR) is 133 cm³/mol. The molecule has 5 rings (SSSR count). The van der Waals surface area contributed by atoms with Crippen LogP contribution in [0.5, 0.6) is 0 Å². The van der Waals surface area contributed by atoms with Crippen molar-refractivity contribution in [3.05, 3.63) is 107 Å². The number of carbonyl (C=O) groups is 2. The molecule has 0 unspecified atom stereocenters. The minimum Gasteiger partial charge on any atom is -0.348 e. The number of aryl methyl sites for hydroxylation is 1. The molecule has 0 saturated carbocycles. The highest BCUT2D eigenvalue weighted by Crippen LogP contribution is 2.29. The van der Waals surface area contributed by atoms with E-state index in [1.165, 1.54) is 0 Å². The van der Waals surface area contributed by atoms with E-state index in [4.69, 9.17) is 16.7 Å². The Balaban J connectivity index is 1.27. The summed E-state index contributed by atoms with van der Waals surface area (Å²) in [5, 5.41) is 8.28. The van der Waals surface area contributed by atoms with Gasteiger partial charge in [0.25, 0.3) is 5.91 Å². The quantitative estimate of drug-likeness (QED) is 0.427. The summed E-state index contributed by atoms with van der Waals surface area (Å²) in [6, 6.07) is 26.6. The largest absolute Gasteiger partial charge is 0.348 e. The SMILES string of the molecule is O=C(NCc1ccc(Cl)cc1)c1ccc(CN2C(=O)CCn3nc(-c4ccccc4)cc32)cc1. The molecule has 0 spiro atoms. The third-order valence-corrected chi connectivity index (χ3v) is 6.12. The van der Waals surface area contributed by atoms with Gasteiger partial charge in [0.05, 0.1) is 18.8 Å². The number of rotatable bonds is 6. The molecule has 0 atom stereocenters. The van der Waals surface area contributed by atoms with Crippen molar-refractivity contribution in [2.45, 2.75) is 26.1 Å². The van der Waals surface area contributed by atoms with Crippen LogP contribution in [-0.4, -0.2) is 21.6 Å². The van der Waals surface area contributed by atoms with Gasteiger partial charge in [-0.3, -0.25) is 14.5 Å². The lowest BCUT2D eigenvalue weighted by molar-refractivity contribution is -0.119. The Labute approximate surface area is 202 Å². The van der Waals surface area contributed by atoms with Gasteiger partial charge in [0.15, 0.2) is 0 Å². The van der Waals surface area contributed by atoms with Crippen molar-refractivity contribution in [2.24, 2.45) is 0 Å². The van der Waals surface area contributed by atoms with E-state index in [1.807, 2.05) is 65.3 Å². The van der Waals surface area contributed by atoms with Crippen molar-refractivity contribution in [1.82, 2.24) is 15.1 Å². The summed E-state index contributed by atoms with van der Waals surface area (Å²) in [5.41, 5.74) is 4.36. The molecule has 2 heterocycles. The van der Waals surface area contributed by atoms with Crippen LogP contribution in [0.4, 0.5) is 5.82 Å². The monoisotopic (exact) mass is 470 g/mol. The summed E-state index contributed by atoms with van der Waals surface area (Å²) < 4.78 is 1.89. The van der Waals surface area contributed by atoms with E-state index >= 15 is 0 Å². The maximum absolute atomic E-state index is 12.7. The van der Waals surface area contributed by atoms with Gasteiger partial charge in [-0.1, -0.05) is 66.2 Å². The molecule has 3 aromatic carbocycles. The van der Waals surface area contributed by atoms with E-state index in [0.717, 1.165) is 28.2 Å². The zero-order valence-corrected chi connectivity index (χ0v) is 19.2. The fourth-order valence-electron chi connectivity index (χ4n) is 4.00. The lowest BCUT2D eigenvalue weighted by Crippen LogP contribution is -2.36. The molecule has 6 nitrogen and oxygen atoms in total. The number of benzene rings is 3. The number of fused-ring (bicyclic) bond motifs is 1. The number of hydrogen-bond acceptors (Lipinski definition) is 3. The van der Waals surface area contributed by atoms with Crippen LogP contribution < -0.4 is 10.2 Å². The first-order valence-electron chi connectivity index (χ1n) is 11.1. The second-order valence-electron chi connectivity index (χ2n) is 8.21. The minimum atomic E-state index is -0.152. The van der Waals surface area contributed by atoms with Crippen LogP contribution in [0.15, 0.2) is 84.9 Å². The number of hydrogen-bond donors (Lipinski definition) is 1. The summed E-state index contributed by atoms with van der Waals surface area (Å²) in [4.78, 5) is 27.0. The number of nitrogens with one attached hydrogen (secondary N) is 1. The molecular weight excluding hydrogens is 448 g/mol. The van der Waals surface area contributed by atoms with Gasteiger partial charge in [0.2, 0.25) is 5.91 Å². The first-order valence-corrected chi connectivity index (χ1v) is 11.5. The van der Waals surface area contributed by atoms with Crippen molar-refractivity contribution >= 4 is 29.2 Å². The molecule has 0 fully saturated rings. The summed E-state index contributed by atoms with van der Waals surface area (Å²) in [5.74, 6) is 0.706. The van der Waals surface area contributed by atoms with Gasteiger partial charge in [-0.05, 0) is 35.4 Å². The van der Waals surface area contributed by atoms with E-state index < -0.39 is 0 Å². The normalized spacial score (nSPS) is 13.0. The molecule has 4 aromatic rings. The number of carbonyl (C=O) groups excluding carboxylic acids is 2. The lowest BCUT2D eigenvalue weighted by Gasteiger charge is -2.27. The van der Waals surface area contributed by atoms with E-state index in [0.29, 0.717) is 36.6 Å². The molecule has 7 heteroatoms. The van der Waals surface area contributed by atoms with E-state index in [9.17, 15) is 9.59 Å². The molecule has 0 radical (unpaired) electrons. The second kappa shape index (κ2) is 9.53. The first-order chi connectivity index (χ1) is 16.6. The smallest absolute Gasteiger partial charge is 0.251 e. The van der Waals surface area contributed by atoms with Crippen LogP contribution in [0.1, 0.15) is 27.9 Å². The van der Waals surface area contributed by atoms with Gasteiger partial charge in [-0.25, -0.2) is 4.68 Å². The minimum absolute atomic E-state index is 0.0665. The van der Waals surface area contributed by atoms with Gasteiger partial charge < -0.3 is 5.32 Å².